The first kappa shape index (κ1) is 20.7. The van der Waals surface area contributed by atoms with Gasteiger partial charge >= 0.3 is 0 Å². The third kappa shape index (κ3) is 4.70. The van der Waals surface area contributed by atoms with E-state index in [1.807, 2.05) is 26.0 Å². The lowest BCUT2D eigenvalue weighted by molar-refractivity contribution is -0.121. The zero-order valence-corrected chi connectivity index (χ0v) is 17.5. The van der Waals surface area contributed by atoms with Crippen molar-refractivity contribution in [2.75, 3.05) is 32.6 Å². The second-order valence-corrected chi connectivity index (χ2v) is 7.44. The summed E-state index contributed by atoms with van der Waals surface area (Å²) in [5, 5.41) is 3.04. The van der Waals surface area contributed by atoms with Crippen LogP contribution in [0.15, 0.2) is 36.4 Å². The number of aryl methyl sites for hydroxylation is 2. The van der Waals surface area contributed by atoms with Gasteiger partial charge in [0.15, 0.2) is 11.5 Å². The lowest BCUT2D eigenvalue weighted by atomic mass is 9.95. The van der Waals surface area contributed by atoms with Crippen LogP contribution in [0.25, 0.3) is 0 Å². The number of nitrogens with zero attached hydrogens (tertiary/aromatic N) is 1. The number of methoxy groups -OCH3 is 2. The third-order valence-electron chi connectivity index (χ3n) is 5.42. The molecule has 1 saturated heterocycles. The Bertz CT molecular complexity index is 902. The van der Waals surface area contributed by atoms with Gasteiger partial charge in [-0.3, -0.25) is 9.59 Å². The van der Waals surface area contributed by atoms with E-state index in [4.69, 9.17) is 9.47 Å². The summed E-state index contributed by atoms with van der Waals surface area (Å²) in [6, 6.07) is 11.2. The van der Waals surface area contributed by atoms with E-state index >= 15 is 0 Å². The first-order chi connectivity index (χ1) is 13.9. The van der Waals surface area contributed by atoms with E-state index in [0.717, 1.165) is 11.3 Å². The first-order valence-corrected chi connectivity index (χ1v) is 9.82. The predicted octanol–water partition coefficient (Wildman–Crippen LogP) is 3.81. The fraction of sp³-hybridized carbons (Fsp3) is 0.391. The number of nitrogens with one attached hydrogen (secondary N) is 1. The lowest BCUT2D eigenvalue weighted by Crippen LogP contribution is -2.41. The van der Waals surface area contributed by atoms with E-state index in [9.17, 15) is 9.59 Å². The molecule has 6 nitrogen and oxygen atoms in total. The number of hydrogen-bond acceptors (Lipinski definition) is 4. The Morgan fingerprint density at radius 1 is 0.966 bits per heavy atom. The van der Waals surface area contributed by atoms with E-state index in [0.29, 0.717) is 43.0 Å². The Morgan fingerprint density at radius 3 is 2.28 bits per heavy atom. The van der Waals surface area contributed by atoms with Crippen molar-refractivity contribution in [2.24, 2.45) is 5.92 Å². The molecular weight excluding hydrogens is 368 g/mol. The molecule has 0 saturated carbocycles. The standard InChI is InChI=1S/C23H28N2O4/c1-15-5-7-19(16(2)13-15)24-22(26)17-9-11-25(12-10-17)23(27)18-6-8-20(28-3)21(14-18)29-4/h5-8,13-14,17H,9-12H2,1-4H3,(H,24,26). The van der Waals surface area contributed by atoms with Crippen LogP contribution < -0.4 is 14.8 Å². The molecule has 0 bridgehead atoms. The van der Waals surface area contributed by atoms with Crippen LogP contribution >= 0.6 is 0 Å². The maximum Gasteiger partial charge on any atom is 0.253 e. The smallest absolute Gasteiger partial charge is 0.253 e. The Balaban J connectivity index is 1.59. The molecule has 2 aromatic rings. The number of amides is 2. The van der Waals surface area contributed by atoms with Crippen LogP contribution in [0.5, 0.6) is 11.5 Å². The summed E-state index contributed by atoms with van der Waals surface area (Å²) in [5.74, 6) is 0.992. The topological polar surface area (TPSA) is 67.9 Å². The third-order valence-corrected chi connectivity index (χ3v) is 5.42. The summed E-state index contributed by atoms with van der Waals surface area (Å²) >= 11 is 0. The molecule has 0 aromatic heterocycles. The minimum absolute atomic E-state index is 0.0233. The van der Waals surface area contributed by atoms with Crippen LogP contribution in [0, 0.1) is 19.8 Å². The molecule has 0 spiro atoms. The first-order valence-electron chi connectivity index (χ1n) is 9.82. The number of carbonyl (C=O) groups excluding carboxylic acids is 2. The monoisotopic (exact) mass is 396 g/mol. The van der Waals surface area contributed by atoms with Crippen LogP contribution in [0.4, 0.5) is 5.69 Å². The minimum Gasteiger partial charge on any atom is -0.493 e. The van der Waals surface area contributed by atoms with Gasteiger partial charge in [-0.1, -0.05) is 17.7 Å². The van der Waals surface area contributed by atoms with Gasteiger partial charge in [0.2, 0.25) is 5.91 Å². The maximum absolute atomic E-state index is 12.8. The van der Waals surface area contributed by atoms with E-state index < -0.39 is 0 Å². The molecule has 1 heterocycles. The summed E-state index contributed by atoms with van der Waals surface area (Å²) in [6.45, 7) is 5.13. The zero-order chi connectivity index (χ0) is 21.0. The number of rotatable bonds is 5. The van der Waals surface area contributed by atoms with Crippen molar-refractivity contribution < 1.29 is 19.1 Å². The van der Waals surface area contributed by atoms with Gasteiger partial charge in [0.05, 0.1) is 14.2 Å². The Labute approximate surface area is 171 Å². The molecule has 6 heteroatoms. The van der Waals surface area contributed by atoms with Gasteiger partial charge in [0, 0.05) is 30.3 Å². The van der Waals surface area contributed by atoms with Gasteiger partial charge in [0.1, 0.15) is 0 Å². The number of piperidine rings is 1. The number of carbonyl (C=O) groups is 2. The molecule has 1 aliphatic rings. The highest BCUT2D eigenvalue weighted by Crippen LogP contribution is 2.29. The van der Waals surface area contributed by atoms with Crippen molar-refractivity contribution >= 4 is 17.5 Å². The number of likely N-dealkylation sites (tertiary alicyclic amines) is 1. The summed E-state index contributed by atoms with van der Waals surface area (Å²) in [5.41, 5.74) is 3.63. The SMILES string of the molecule is COc1ccc(C(=O)N2CCC(C(=O)Nc3ccc(C)cc3C)CC2)cc1OC. The van der Waals surface area contributed by atoms with E-state index in [1.54, 1.807) is 37.3 Å². The second-order valence-electron chi connectivity index (χ2n) is 7.44. The predicted molar refractivity (Wildman–Crippen MR) is 113 cm³/mol. The van der Waals surface area contributed by atoms with Crippen molar-refractivity contribution in [1.29, 1.82) is 0 Å². The molecule has 154 valence electrons. The largest absolute Gasteiger partial charge is 0.493 e. The lowest BCUT2D eigenvalue weighted by Gasteiger charge is -2.31. The van der Waals surface area contributed by atoms with Crippen molar-refractivity contribution in [3.05, 3.63) is 53.1 Å². The highest BCUT2D eigenvalue weighted by atomic mass is 16.5. The van der Waals surface area contributed by atoms with E-state index in [-0.39, 0.29) is 17.7 Å². The van der Waals surface area contributed by atoms with Crippen LogP contribution in [0.2, 0.25) is 0 Å². The van der Waals surface area contributed by atoms with Crippen molar-refractivity contribution in [1.82, 2.24) is 4.90 Å². The van der Waals surface area contributed by atoms with Crippen molar-refractivity contribution in [3.63, 3.8) is 0 Å². The van der Waals surface area contributed by atoms with Gasteiger partial charge in [0.25, 0.3) is 5.91 Å². The highest BCUT2D eigenvalue weighted by Gasteiger charge is 2.28. The normalized spacial score (nSPS) is 14.4. The molecule has 1 aliphatic heterocycles. The van der Waals surface area contributed by atoms with Gasteiger partial charge in [-0.25, -0.2) is 0 Å². The van der Waals surface area contributed by atoms with E-state index in [1.165, 1.54) is 5.56 Å². The second kappa shape index (κ2) is 8.99. The molecule has 0 radical (unpaired) electrons. The molecule has 3 rings (SSSR count). The summed E-state index contributed by atoms with van der Waals surface area (Å²) in [6.07, 6.45) is 1.30. The molecule has 2 aromatic carbocycles. The van der Waals surface area contributed by atoms with Gasteiger partial charge in [-0.15, -0.1) is 0 Å². The van der Waals surface area contributed by atoms with Gasteiger partial charge in [-0.2, -0.15) is 0 Å². The van der Waals surface area contributed by atoms with Crippen LogP contribution in [0.3, 0.4) is 0 Å². The highest BCUT2D eigenvalue weighted by molar-refractivity contribution is 5.96. The molecule has 0 atom stereocenters. The van der Waals surface area contributed by atoms with Crippen LogP contribution in [-0.2, 0) is 4.79 Å². The van der Waals surface area contributed by atoms with Crippen LogP contribution in [-0.4, -0.2) is 44.0 Å². The van der Waals surface area contributed by atoms with Gasteiger partial charge < -0.3 is 19.7 Å². The molecule has 2 amide bonds. The number of benzene rings is 2. The Morgan fingerprint density at radius 2 is 1.66 bits per heavy atom. The average Bonchev–Trinajstić information content (AvgIpc) is 2.74. The molecule has 0 unspecified atom stereocenters. The van der Waals surface area contributed by atoms with E-state index in [2.05, 4.69) is 11.4 Å². The zero-order valence-electron chi connectivity index (χ0n) is 17.5. The Kier molecular flexibility index (Phi) is 6.42. The van der Waals surface area contributed by atoms with Crippen LogP contribution in [0.1, 0.15) is 34.3 Å². The quantitative estimate of drug-likeness (QED) is 0.834. The summed E-state index contributed by atoms with van der Waals surface area (Å²) in [4.78, 5) is 27.3. The molecule has 1 N–H and O–H groups in total. The average molecular weight is 396 g/mol. The Hall–Kier alpha value is -3.02. The molecule has 29 heavy (non-hydrogen) atoms. The van der Waals surface area contributed by atoms with Gasteiger partial charge in [-0.05, 0) is 56.5 Å². The maximum atomic E-state index is 12.8. The fourth-order valence-corrected chi connectivity index (χ4v) is 3.69. The number of anilines is 1. The number of ether oxygens (including phenoxy) is 2. The number of hydrogen-bond donors (Lipinski definition) is 1. The molecule has 1 fully saturated rings. The van der Waals surface area contributed by atoms with Crippen molar-refractivity contribution in [3.8, 4) is 11.5 Å². The molecular formula is C23H28N2O4. The van der Waals surface area contributed by atoms with Crippen molar-refractivity contribution in [2.45, 2.75) is 26.7 Å². The summed E-state index contributed by atoms with van der Waals surface area (Å²) < 4.78 is 10.5. The molecule has 0 aliphatic carbocycles. The minimum atomic E-state index is -0.0924. The fourth-order valence-electron chi connectivity index (χ4n) is 3.69. The summed E-state index contributed by atoms with van der Waals surface area (Å²) in [7, 11) is 3.11.